The van der Waals surface area contributed by atoms with Crippen LogP contribution in [-0.4, -0.2) is 19.0 Å². The summed E-state index contributed by atoms with van der Waals surface area (Å²) in [5.74, 6) is 0.918. The van der Waals surface area contributed by atoms with Crippen LogP contribution in [0.25, 0.3) is 0 Å². The van der Waals surface area contributed by atoms with E-state index in [1.807, 2.05) is 0 Å². The number of ketones is 1. The summed E-state index contributed by atoms with van der Waals surface area (Å²) in [5, 5.41) is 0. The summed E-state index contributed by atoms with van der Waals surface area (Å²) in [4.78, 5) is 11.4. The van der Waals surface area contributed by atoms with E-state index in [9.17, 15) is 4.79 Å². The maximum atomic E-state index is 11.4. The fraction of sp³-hybridized carbons (Fsp3) is 0.900. The molecule has 1 unspecified atom stereocenters. The van der Waals surface area contributed by atoms with E-state index in [1.54, 1.807) is 6.92 Å². The van der Waals surface area contributed by atoms with Crippen LogP contribution in [0.15, 0.2) is 0 Å². The SMILES string of the molecule is CC(=O)C1(C2CCCOC2)CC1. The molecule has 1 atom stereocenters. The van der Waals surface area contributed by atoms with E-state index < -0.39 is 0 Å². The molecule has 2 aliphatic rings. The highest BCUT2D eigenvalue weighted by Crippen LogP contribution is 2.54. The normalized spacial score (nSPS) is 32.9. The van der Waals surface area contributed by atoms with Crippen LogP contribution in [0, 0.1) is 11.3 Å². The molecule has 12 heavy (non-hydrogen) atoms. The van der Waals surface area contributed by atoms with Gasteiger partial charge in [0.25, 0.3) is 0 Å². The van der Waals surface area contributed by atoms with Crippen LogP contribution in [0.2, 0.25) is 0 Å². The van der Waals surface area contributed by atoms with Crippen LogP contribution in [0.1, 0.15) is 32.6 Å². The summed E-state index contributed by atoms with van der Waals surface area (Å²) in [6, 6.07) is 0. The molecule has 0 bridgehead atoms. The first-order valence-electron chi connectivity index (χ1n) is 4.84. The average Bonchev–Trinajstić information content (AvgIpc) is 2.86. The van der Waals surface area contributed by atoms with E-state index >= 15 is 0 Å². The van der Waals surface area contributed by atoms with Crippen molar-refractivity contribution in [2.24, 2.45) is 11.3 Å². The lowest BCUT2D eigenvalue weighted by Gasteiger charge is -2.28. The van der Waals surface area contributed by atoms with Gasteiger partial charge in [0.1, 0.15) is 5.78 Å². The Balaban J connectivity index is 2.02. The lowest BCUT2D eigenvalue weighted by molar-refractivity contribution is -0.126. The molecule has 2 rings (SSSR count). The maximum absolute atomic E-state index is 11.4. The molecule has 0 aromatic carbocycles. The average molecular weight is 168 g/mol. The summed E-state index contributed by atoms with van der Waals surface area (Å²) in [6.07, 6.45) is 4.55. The van der Waals surface area contributed by atoms with Crippen molar-refractivity contribution in [2.45, 2.75) is 32.6 Å². The predicted octanol–water partition coefficient (Wildman–Crippen LogP) is 1.78. The predicted molar refractivity (Wildman–Crippen MR) is 45.9 cm³/mol. The molecule has 1 aliphatic carbocycles. The largest absolute Gasteiger partial charge is 0.381 e. The second-order valence-electron chi connectivity index (χ2n) is 4.13. The summed E-state index contributed by atoms with van der Waals surface area (Å²) in [5.41, 5.74) is 0.0560. The Kier molecular flexibility index (Phi) is 1.95. The van der Waals surface area contributed by atoms with Crippen molar-refractivity contribution in [2.75, 3.05) is 13.2 Å². The van der Waals surface area contributed by atoms with Crippen LogP contribution in [0.5, 0.6) is 0 Å². The number of hydrogen-bond donors (Lipinski definition) is 0. The van der Waals surface area contributed by atoms with Crippen molar-refractivity contribution >= 4 is 5.78 Å². The zero-order valence-corrected chi connectivity index (χ0v) is 7.64. The second kappa shape index (κ2) is 2.84. The van der Waals surface area contributed by atoms with Gasteiger partial charge in [0, 0.05) is 12.0 Å². The Morgan fingerprint density at radius 2 is 2.25 bits per heavy atom. The van der Waals surface area contributed by atoms with E-state index in [0.717, 1.165) is 32.5 Å². The van der Waals surface area contributed by atoms with Gasteiger partial charge in [-0.05, 0) is 38.5 Å². The number of carbonyl (C=O) groups excluding carboxylic acids is 1. The molecule has 1 saturated heterocycles. The van der Waals surface area contributed by atoms with E-state index in [-0.39, 0.29) is 5.41 Å². The van der Waals surface area contributed by atoms with Crippen LogP contribution in [0.3, 0.4) is 0 Å². The van der Waals surface area contributed by atoms with Gasteiger partial charge in [-0.25, -0.2) is 0 Å². The minimum absolute atomic E-state index is 0.0560. The fourth-order valence-corrected chi connectivity index (χ4v) is 2.36. The fourth-order valence-electron chi connectivity index (χ4n) is 2.36. The van der Waals surface area contributed by atoms with Gasteiger partial charge in [-0.2, -0.15) is 0 Å². The van der Waals surface area contributed by atoms with Gasteiger partial charge in [0.15, 0.2) is 0 Å². The number of Topliss-reactive ketones (excluding diaryl/α,β-unsaturated/α-hetero) is 1. The highest BCUT2D eigenvalue weighted by atomic mass is 16.5. The summed E-state index contributed by atoms with van der Waals surface area (Å²) in [7, 11) is 0. The van der Waals surface area contributed by atoms with Crippen LogP contribution in [-0.2, 0) is 9.53 Å². The first kappa shape index (κ1) is 8.24. The molecule has 1 saturated carbocycles. The van der Waals surface area contributed by atoms with Crippen molar-refractivity contribution in [3.8, 4) is 0 Å². The summed E-state index contributed by atoms with van der Waals surface area (Å²) >= 11 is 0. The molecule has 0 aromatic heterocycles. The minimum atomic E-state index is 0.0560. The van der Waals surface area contributed by atoms with Gasteiger partial charge in [0.05, 0.1) is 6.61 Å². The van der Waals surface area contributed by atoms with Crippen molar-refractivity contribution in [3.63, 3.8) is 0 Å². The van der Waals surface area contributed by atoms with E-state index in [1.165, 1.54) is 6.42 Å². The van der Waals surface area contributed by atoms with E-state index in [4.69, 9.17) is 4.74 Å². The zero-order chi connectivity index (χ0) is 8.60. The molecule has 1 aliphatic heterocycles. The monoisotopic (exact) mass is 168 g/mol. The zero-order valence-electron chi connectivity index (χ0n) is 7.64. The first-order chi connectivity index (χ1) is 5.76. The molecule has 2 fully saturated rings. The number of carbonyl (C=O) groups is 1. The van der Waals surface area contributed by atoms with E-state index in [2.05, 4.69) is 0 Å². The molecule has 0 N–H and O–H groups in total. The van der Waals surface area contributed by atoms with Crippen LogP contribution >= 0.6 is 0 Å². The highest BCUT2D eigenvalue weighted by Gasteiger charge is 2.53. The minimum Gasteiger partial charge on any atom is -0.381 e. The molecule has 1 heterocycles. The molecule has 2 nitrogen and oxygen atoms in total. The third-order valence-corrected chi connectivity index (χ3v) is 3.43. The smallest absolute Gasteiger partial charge is 0.136 e. The number of ether oxygens (including phenoxy) is 1. The van der Waals surface area contributed by atoms with Gasteiger partial charge < -0.3 is 4.74 Å². The summed E-state index contributed by atoms with van der Waals surface area (Å²) < 4.78 is 5.41. The van der Waals surface area contributed by atoms with Crippen LogP contribution < -0.4 is 0 Å². The Labute approximate surface area is 73.3 Å². The highest BCUT2D eigenvalue weighted by molar-refractivity contribution is 5.85. The molecule has 0 spiro atoms. The third kappa shape index (κ3) is 1.18. The van der Waals surface area contributed by atoms with Gasteiger partial charge in [-0.3, -0.25) is 4.79 Å². The quantitative estimate of drug-likeness (QED) is 0.628. The number of rotatable bonds is 2. The Morgan fingerprint density at radius 1 is 1.50 bits per heavy atom. The molecule has 0 radical (unpaired) electrons. The molecular formula is C10H16O2. The second-order valence-corrected chi connectivity index (χ2v) is 4.13. The molecule has 68 valence electrons. The van der Waals surface area contributed by atoms with Gasteiger partial charge >= 0.3 is 0 Å². The maximum Gasteiger partial charge on any atom is 0.136 e. The van der Waals surface area contributed by atoms with Gasteiger partial charge in [-0.15, -0.1) is 0 Å². The lowest BCUT2D eigenvalue weighted by atomic mass is 9.82. The van der Waals surface area contributed by atoms with Gasteiger partial charge in [-0.1, -0.05) is 0 Å². The lowest BCUT2D eigenvalue weighted by Crippen LogP contribution is -2.30. The molecule has 2 heteroatoms. The van der Waals surface area contributed by atoms with Gasteiger partial charge in [0.2, 0.25) is 0 Å². The van der Waals surface area contributed by atoms with Crippen molar-refractivity contribution in [1.82, 2.24) is 0 Å². The topological polar surface area (TPSA) is 26.3 Å². The summed E-state index contributed by atoms with van der Waals surface area (Å²) in [6.45, 7) is 3.45. The van der Waals surface area contributed by atoms with E-state index in [0.29, 0.717) is 11.7 Å². The first-order valence-corrected chi connectivity index (χ1v) is 4.84. The molecular weight excluding hydrogens is 152 g/mol. The standard InChI is InChI=1S/C10H16O2/c1-8(11)10(4-5-10)9-3-2-6-12-7-9/h9H,2-7H2,1H3. The van der Waals surface area contributed by atoms with Crippen molar-refractivity contribution in [1.29, 1.82) is 0 Å². The molecule has 0 aromatic rings. The number of hydrogen-bond acceptors (Lipinski definition) is 2. The Hall–Kier alpha value is -0.370. The third-order valence-electron chi connectivity index (χ3n) is 3.43. The van der Waals surface area contributed by atoms with Crippen molar-refractivity contribution in [3.05, 3.63) is 0 Å². The molecule has 0 amide bonds. The van der Waals surface area contributed by atoms with Crippen molar-refractivity contribution < 1.29 is 9.53 Å². The Morgan fingerprint density at radius 3 is 2.67 bits per heavy atom. The van der Waals surface area contributed by atoms with Crippen LogP contribution in [0.4, 0.5) is 0 Å². The Bertz CT molecular complexity index is 188.